The number of halogens is 3. The highest BCUT2D eigenvalue weighted by Crippen LogP contribution is 2.37. The number of hydrogen-bond donors (Lipinski definition) is 1. The molecule has 0 unspecified atom stereocenters. The number of imidazole rings is 1. The molecular formula is C19H13F3N4O2S. The lowest BCUT2D eigenvalue weighted by molar-refractivity contribution is -0.136. The predicted octanol–water partition coefficient (Wildman–Crippen LogP) is 4.24. The van der Waals surface area contributed by atoms with Crippen LogP contribution >= 0.6 is 0 Å². The summed E-state index contributed by atoms with van der Waals surface area (Å²) in [4.78, 5) is 7.86. The van der Waals surface area contributed by atoms with Crippen LogP contribution in [0.25, 0.3) is 16.6 Å². The summed E-state index contributed by atoms with van der Waals surface area (Å²) in [5.74, 6) is 0. The number of para-hydroxylation sites is 1. The third-order valence-electron chi connectivity index (χ3n) is 4.20. The van der Waals surface area contributed by atoms with Crippen molar-refractivity contribution in [1.29, 1.82) is 0 Å². The van der Waals surface area contributed by atoms with Gasteiger partial charge in [0.25, 0.3) is 15.2 Å². The number of rotatable bonds is 4. The lowest BCUT2D eigenvalue weighted by Crippen LogP contribution is -2.18. The van der Waals surface area contributed by atoms with Crippen molar-refractivity contribution >= 4 is 26.6 Å². The molecule has 1 N–H and O–H groups in total. The Morgan fingerprint density at radius 1 is 0.897 bits per heavy atom. The maximum absolute atomic E-state index is 13.3. The zero-order valence-electron chi connectivity index (χ0n) is 14.6. The lowest BCUT2D eigenvalue weighted by atomic mass is 10.1. The number of nitrogens with zero attached hydrogens (tertiary/aromatic N) is 3. The fourth-order valence-corrected chi connectivity index (χ4v) is 4.14. The minimum atomic E-state index is -4.59. The highest BCUT2D eigenvalue weighted by atomic mass is 32.2. The van der Waals surface area contributed by atoms with E-state index < -0.39 is 21.8 Å². The van der Waals surface area contributed by atoms with Crippen molar-refractivity contribution in [1.82, 2.24) is 14.5 Å². The van der Waals surface area contributed by atoms with Gasteiger partial charge in [-0.05, 0) is 30.3 Å². The normalized spacial score (nSPS) is 12.2. The molecule has 0 aliphatic carbocycles. The number of pyridine rings is 1. The summed E-state index contributed by atoms with van der Waals surface area (Å²) in [6, 6.07) is 13.2. The summed E-state index contributed by atoms with van der Waals surface area (Å²) in [5, 5.41) is -0.501. The van der Waals surface area contributed by atoms with Crippen LogP contribution in [0.4, 0.5) is 18.9 Å². The zero-order chi connectivity index (χ0) is 20.6. The van der Waals surface area contributed by atoms with Gasteiger partial charge in [-0.25, -0.2) is 4.98 Å². The highest BCUT2D eigenvalue weighted by Gasteiger charge is 2.33. The maximum atomic E-state index is 13.3. The van der Waals surface area contributed by atoms with E-state index in [1.165, 1.54) is 35.3 Å². The molecule has 0 radical (unpaired) electrons. The van der Waals surface area contributed by atoms with Gasteiger partial charge in [-0.15, -0.1) is 0 Å². The fourth-order valence-electron chi connectivity index (χ4n) is 2.97. The predicted molar refractivity (Wildman–Crippen MR) is 101 cm³/mol. The average Bonchev–Trinajstić information content (AvgIpc) is 3.19. The van der Waals surface area contributed by atoms with E-state index in [4.69, 9.17) is 0 Å². The molecule has 148 valence electrons. The van der Waals surface area contributed by atoms with Gasteiger partial charge >= 0.3 is 6.18 Å². The first-order chi connectivity index (χ1) is 13.8. The molecule has 2 aromatic carbocycles. The number of hydrogen-bond acceptors (Lipinski definition) is 4. The van der Waals surface area contributed by atoms with Crippen LogP contribution in [0.1, 0.15) is 5.56 Å². The van der Waals surface area contributed by atoms with Gasteiger partial charge < -0.3 is 0 Å². The number of sulfonamides is 1. The smallest absolute Gasteiger partial charge is 0.289 e. The Morgan fingerprint density at radius 2 is 1.66 bits per heavy atom. The molecule has 6 nitrogen and oxygen atoms in total. The summed E-state index contributed by atoms with van der Waals surface area (Å²) in [6.07, 6.45) is -0.495. The van der Waals surface area contributed by atoms with Gasteiger partial charge in [0, 0.05) is 29.7 Å². The van der Waals surface area contributed by atoms with E-state index >= 15 is 0 Å². The number of benzene rings is 2. The number of fused-ring (bicyclic) bond motifs is 1. The molecule has 0 bridgehead atoms. The SMILES string of the molecule is O=S(=O)(Nc1ccc(C(F)(F)F)c2cccnc12)c1nccn1-c1ccccc1. The molecule has 2 heterocycles. The molecule has 29 heavy (non-hydrogen) atoms. The van der Waals surface area contributed by atoms with Gasteiger partial charge in [-0.2, -0.15) is 21.6 Å². The number of aromatic nitrogens is 3. The Labute approximate surface area is 163 Å². The molecule has 0 fully saturated rings. The molecule has 4 rings (SSSR count). The van der Waals surface area contributed by atoms with Crippen LogP contribution in [-0.2, 0) is 16.2 Å². The molecule has 10 heteroatoms. The highest BCUT2D eigenvalue weighted by molar-refractivity contribution is 7.92. The molecule has 2 aromatic heterocycles. The summed E-state index contributed by atoms with van der Waals surface area (Å²) in [6.45, 7) is 0. The topological polar surface area (TPSA) is 76.9 Å². The minimum Gasteiger partial charge on any atom is -0.289 e. The minimum absolute atomic E-state index is 0.0730. The Morgan fingerprint density at radius 3 is 2.38 bits per heavy atom. The first-order valence-electron chi connectivity index (χ1n) is 8.34. The molecule has 0 aliphatic rings. The fraction of sp³-hybridized carbons (Fsp3) is 0.0526. The second-order valence-corrected chi connectivity index (χ2v) is 7.66. The molecule has 0 saturated heterocycles. The first kappa shape index (κ1) is 18.9. The van der Waals surface area contributed by atoms with E-state index in [-0.39, 0.29) is 21.7 Å². The summed E-state index contributed by atoms with van der Waals surface area (Å²) >= 11 is 0. The largest absolute Gasteiger partial charge is 0.417 e. The summed E-state index contributed by atoms with van der Waals surface area (Å²) in [5.41, 5.74) is -0.505. The second kappa shape index (κ2) is 6.89. The lowest BCUT2D eigenvalue weighted by Gasteiger charge is -2.14. The Balaban J connectivity index is 1.80. The van der Waals surface area contributed by atoms with Gasteiger partial charge in [0.15, 0.2) is 0 Å². The van der Waals surface area contributed by atoms with Crippen LogP contribution in [0.5, 0.6) is 0 Å². The average molecular weight is 418 g/mol. The van der Waals surface area contributed by atoms with Crippen molar-refractivity contribution in [2.24, 2.45) is 0 Å². The Bertz CT molecular complexity index is 1290. The van der Waals surface area contributed by atoms with E-state index in [9.17, 15) is 21.6 Å². The Hall–Kier alpha value is -3.40. The Kier molecular flexibility index (Phi) is 4.50. The summed E-state index contributed by atoms with van der Waals surface area (Å²) in [7, 11) is -4.21. The van der Waals surface area contributed by atoms with Crippen LogP contribution in [0.3, 0.4) is 0 Å². The van der Waals surface area contributed by atoms with Gasteiger partial charge in [-0.1, -0.05) is 24.3 Å². The van der Waals surface area contributed by atoms with Gasteiger partial charge in [0.05, 0.1) is 16.8 Å². The van der Waals surface area contributed by atoms with Crippen LogP contribution in [0, 0.1) is 0 Å². The van der Waals surface area contributed by atoms with Crippen LogP contribution < -0.4 is 4.72 Å². The first-order valence-corrected chi connectivity index (χ1v) is 9.82. The molecule has 0 saturated carbocycles. The third-order valence-corrected chi connectivity index (χ3v) is 5.47. The quantitative estimate of drug-likeness (QED) is 0.538. The molecule has 0 amide bonds. The van der Waals surface area contributed by atoms with Crippen molar-refractivity contribution in [3.8, 4) is 5.69 Å². The standard InChI is InChI=1S/C19H13F3N4O2S/c20-19(21,22)15-8-9-16(17-14(15)7-4-10-23-17)25-29(27,28)18-24-11-12-26(18)13-5-2-1-3-6-13/h1-12,25H. The molecule has 0 atom stereocenters. The van der Waals surface area contributed by atoms with Gasteiger partial charge in [0.2, 0.25) is 0 Å². The van der Waals surface area contributed by atoms with Crippen LogP contribution in [0.2, 0.25) is 0 Å². The van der Waals surface area contributed by atoms with E-state index in [2.05, 4.69) is 14.7 Å². The monoisotopic (exact) mass is 418 g/mol. The van der Waals surface area contributed by atoms with Gasteiger partial charge in [0.1, 0.15) is 0 Å². The number of nitrogens with one attached hydrogen (secondary N) is 1. The number of alkyl halides is 3. The molecule has 4 aromatic rings. The molecular weight excluding hydrogens is 405 g/mol. The van der Waals surface area contributed by atoms with E-state index in [0.717, 1.165) is 12.1 Å². The van der Waals surface area contributed by atoms with Gasteiger partial charge in [-0.3, -0.25) is 14.3 Å². The van der Waals surface area contributed by atoms with Crippen molar-refractivity contribution in [2.45, 2.75) is 11.3 Å². The maximum Gasteiger partial charge on any atom is 0.417 e. The van der Waals surface area contributed by atoms with E-state index in [1.807, 2.05) is 0 Å². The number of anilines is 1. The third kappa shape index (κ3) is 3.54. The van der Waals surface area contributed by atoms with Crippen molar-refractivity contribution in [3.05, 3.63) is 78.8 Å². The second-order valence-electron chi connectivity index (χ2n) is 6.08. The van der Waals surface area contributed by atoms with Crippen LogP contribution in [0.15, 0.2) is 78.3 Å². The zero-order valence-corrected chi connectivity index (χ0v) is 15.4. The molecule has 0 aliphatic heterocycles. The van der Waals surface area contributed by atoms with E-state index in [0.29, 0.717) is 5.69 Å². The van der Waals surface area contributed by atoms with Crippen molar-refractivity contribution < 1.29 is 21.6 Å². The summed E-state index contributed by atoms with van der Waals surface area (Å²) < 4.78 is 69.4. The van der Waals surface area contributed by atoms with Crippen LogP contribution in [-0.4, -0.2) is 23.0 Å². The van der Waals surface area contributed by atoms with Crippen molar-refractivity contribution in [3.63, 3.8) is 0 Å². The molecule has 0 spiro atoms. The van der Waals surface area contributed by atoms with E-state index in [1.54, 1.807) is 30.3 Å². The van der Waals surface area contributed by atoms with Crippen molar-refractivity contribution in [2.75, 3.05) is 4.72 Å².